The molecule has 0 radical (unpaired) electrons. The number of rotatable bonds is 2. The molecule has 2 aromatic rings. The summed E-state index contributed by atoms with van der Waals surface area (Å²) in [6.07, 6.45) is 0. The van der Waals surface area contributed by atoms with Gasteiger partial charge in [0.2, 0.25) is 0 Å². The Morgan fingerprint density at radius 2 is 1.50 bits per heavy atom. The molecular formula is C17H18F2O. The van der Waals surface area contributed by atoms with Crippen LogP contribution in [0, 0.1) is 32.4 Å². The molecule has 0 bridgehead atoms. The van der Waals surface area contributed by atoms with Gasteiger partial charge in [-0.3, -0.25) is 0 Å². The highest BCUT2D eigenvalue weighted by Gasteiger charge is 2.31. The standard InChI is InChI=1S/C17H18F2O/c1-10-8-12(3)14(9-11(10)2)17(4,20)13-6-5-7-15(18)16(13)19/h5-9,20H,1-4H3. The van der Waals surface area contributed by atoms with Crippen LogP contribution in [0.25, 0.3) is 0 Å². The van der Waals surface area contributed by atoms with Gasteiger partial charge in [0.05, 0.1) is 0 Å². The lowest BCUT2D eigenvalue weighted by Gasteiger charge is -2.27. The van der Waals surface area contributed by atoms with Crippen LogP contribution in [-0.2, 0) is 5.60 Å². The van der Waals surface area contributed by atoms with Crippen molar-refractivity contribution in [3.63, 3.8) is 0 Å². The SMILES string of the molecule is Cc1cc(C)c(C(C)(O)c2cccc(F)c2F)cc1C. The molecule has 1 nitrogen and oxygen atoms in total. The van der Waals surface area contributed by atoms with E-state index in [9.17, 15) is 13.9 Å². The third-order valence-corrected chi connectivity index (χ3v) is 3.84. The molecule has 3 heteroatoms. The fraction of sp³-hybridized carbons (Fsp3) is 0.294. The number of benzene rings is 2. The summed E-state index contributed by atoms with van der Waals surface area (Å²) >= 11 is 0. The first-order valence-corrected chi connectivity index (χ1v) is 6.50. The highest BCUT2D eigenvalue weighted by atomic mass is 19.2. The average molecular weight is 276 g/mol. The van der Waals surface area contributed by atoms with Gasteiger partial charge in [0.15, 0.2) is 11.6 Å². The molecule has 0 aromatic heterocycles. The van der Waals surface area contributed by atoms with Gasteiger partial charge in [-0.1, -0.05) is 24.3 Å². The highest BCUT2D eigenvalue weighted by Crippen LogP contribution is 2.34. The summed E-state index contributed by atoms with van der Waals surface area (Å²) in [5.41, 5.74) is 1.91. The van der Waals surface area contributed by atoms with Gasteiger partial charge in [-0.15, -0.1) is 0 Å². The normalized spacial score (nSPS) is 14.2. The Kier molecular flexibility index (Phi) is 3.65. The molecule has 0 aliphatic heterocycles. The minimum atomic E-state index is -1.57. The van der Waals surface area contributed by atoms with Gasteiger partial charge in [-0.05, 0) is 56.0 Å². The molecule has 0 aliphatic carbocycles. The summed E-state index contributed by atoms with van der Waals surface area (Å²) in [6, 6.07) is 7.62. The molecule has 0 spiro atoms. The highest BCUT2D eigenvalue weighted by molar-refractivity contribution is 5.44. The first-order valence-electron chi connectivity index (χ1n) is 6.50. The first kappa shape index (κ1) is 14.7. The number of hydrogen-bond acceptors (Lipinski definition) is 1. The van der Waals surface area contributed by atoms with Gasteiger partial charge in [0, 0.05) is 5.56 Å². The van der Waals surface area contributed by atoms with Crippen LogP contribution < -0.4 is 0 Å². The second-order valence-corrected chi connectivity index (χ2v) is 5.42. The Morgan fingerprint density at radius 1 is 0.900 bits per heavy atom. The molecule has 0 amide bonds. The Morgan fingerprint density at radius 3 is 2.15 bits per heavy atom. The van der Waals surface area contributed by atoms with Crippen LogP contribution in [0.5, 0.6) is 0 Å². The van der Waals surface area contributed by atoms with Crippen LogP contribution >= 0.6 is 0 Å². The first-order chi connectivity index (χ1) is 9.25. The van der Waals surface area contributed by atoms with E-state index in [2.05, 4.69) is 0 Å². The second-order valence-electron chi connectivity index (χ2n) is 5.42. The van der Waals surface area contributed by atoms with Crippen molar-refractivity contribution in [2.45, 2.75) is 33.3 Å². The maximum atomic E-state index is 14.0. The summed E-state index contributed by atoms with van der Waals surface area (Å²) in [5, 5.41) is 10.8. The Balaban J connectivity index is 2.66. The minimum Gasteiger partial charge on any atom is -0.381 e. The quantitative estimate of drug-likeness (QED) is 0.873. The van der Waals surface area contributed by atoms with Gasteiger partial charge in [0.1, 0.15) is 5.60 Å². The molecule has 0 saturated carbocycles. The minimum absolute atomic E-state index is 0.0520. The topological polar surface area (TPSA) is 20.2 Å². The lowest BCUT2D eigenvalue weighted by Crippen LogP contribution is -2.26. The molecular weight excluding hydrogens is 258 g/mol. The molecule has 1 atom stereocenters. The largest absolute Gasteiger partial charge is 0.381 e. The fourth-order valence-corrected chi connectivity index (χ4v) is 2.51. The van der Waals surface area contributed by atoms with Gasteiger partial charge >= 0.3 is 0 Å². The van der Waals surface area contributed by atoms with Crippen molar-refractivity contribution in [1.29, 1.82) is 0 Å². The van der Waals surface area contributed by atoms with Crippen molar-refractivity contribution < 1.29 is 13.9 Å². The summed E-state index contributed by atoms with van der Waals surface area (Å²) in [4.78, 5) is 0. The molecule has 0 saturated heterocycles. The van der Waals surface area contributed by atoms with Crippen molar-refractivity contribution in [3.05, 3.63) is 69.8 Å². The number of aryl methyl sites for hydroxylation is 3. The third-order valence-electron chi connectivity index (χ3n) is 3.84. The molecule has 0 fully saturated rings. The molecule has 20 heavy (non-hydrogen) atoms. The zero-order valence-electron chi connectivity index (χ0n) is 12.1. The van der Waals surface area contributed by atoms with E-state index < -0.39 is 17.2 Å². The zero-order valence-corrected chi connectivity index (χ0v) is 12.1. The Bertz CT molecular complexity index is 660. The van der Waals surface area contributed by atoms with Crippen molar-refractivity contribution in [1.82, 2.24) is 0 Å². The van der Waals surface area contributed by atoms with E-state index in [4.69, 9.17) is 0 Å². The van der Waals surface area contributed by atoms with Crippen molar-refractivity contribution in [3.8, 4) is 0 Å². The lowest BCUT2D eigenvalue weighted by atomic mass is 9.83. The van der Waals surface area contributed by atoms with Crippen LogP contribution in [0.15, 0.2) is 30.3 Å². The van der Waals surface area contributed by atoms with E-state index in [1.54, 1.807) is 0 Å². The summed E-state index contributed by atoms with van der Waals surface area (Å²) in [5.74, 6) is -1.96. The van der Waals surface area contributed by atoms with E-state index in [0.29, 0.717) is 5.56 Å². The zero-order chi connectivity index (χ0) is 15.1. The molecule has 0 aliphatic rings. The molecule has 1 unspecified atom stereocenters. The van der Waals surface area contributed by atoms with Gasteiger partial charge in [-0.2, -0.15) is 0 Å². The third kappa shape index (κ3) is 2.34. The van der Waals surface area contributed by atoms with Crippen LogP contribution in [0.3, 0.4) is 0 Å². The van der Waals surface area contributed by atoms with E-state index in [1.807, 2.05) is 32.9 Å². The predicted octanol–water partition coefficient (Wildman–Crippen LogP) is 4.15. The summed E-state index contributed by atoms with van der Waals surface area (Å²) in [6.45, 7) is 7.25. The number of halogens is 2. The van der Waals surface area contributed by atoms with Crippen LogP contribution in [-0.4, -0.2) is 5.11 Å². The summed E-state index contributed by atoms with van der Waals surface area (Å²) in [7, 11) is 0. The lowest BCUT2D eigenvalue weighted by molar-refractivity contribution is 0.0962. The van der Waals surface area contributed by atoms with Gasteiger partial charge in [0.25, 0.3) is 0 Å². The molecule has 1 N–H and O–H groups in total. The van der Waals surface area contributed by atoms with Gasteiger partial charge < -0.3 is 5.11 Å². The molecule has 2 aromatic carbocycles. The maximum absolute atomic E-state index is 14.0. The molecule has 106 valence electrons. The van der Waals surface area contributed by atoms with Gasteiger partial charge in [-0.25, -0.2) is 8.78 Å². The fourth-order valence-electron chi connectivity index (χ4n) is 2.51. The number of aliphatic hydroxyl groups is 1. The van der Waals surface area contributed by atoms with E-state index in [-0.39, 0.29) is 5.56 Å². The van der Waals surface area contributed by atoms with Crippen molar-refractivity contribution in [2.24, 2.45) is 0 Å². The van der Waals surface area contributed by atoms with Crippen molar-refractivity contribution in [2.75, 3.05) is 0 Å². The molecule has 0 heterocycles. The number of hydrogen-bond donors (Lipinski definition) is 1. The van der Waals surface area contributed by atoms with E-state index in [1.165, 1.54) is 19.1 Å². The smallest absolute Gasteiger partial charge is 0.165 e. The molecule has 2 rings (SSSR count). The monoisotopic (exact) mass is 276 g/mol. The van der Waals surface area contributed by atoms with Crippen LogP contribution in [0.4, 0.5) is 8.78 Å². The maximum Gasteiger partial charge on any atom is 0.165 e. The second kappa shape index (κ2) is 4.98. The predicted molar refractivity (Wildman–Crippen MR) is 75.7 cm³/mol. The van der Waals surface area contributed by atoms with E-state index >= 15 is 0 Å². The average Bonchev–Trinajstić information content (AvgIpc) is 2.36. The van der Waals surface area contributed by atoms with Crippen molar-refractivity contribution >= 4 is 0 Å². The van der Waals surface area contributed by atoms with E-state index in [0.717, 1.165) is 22.8 Å². The summed E-state index contributed by atoms with van der Waals surface area (Å²) < 4.78 is 27.3. The van der Waals surface area contributed by atoms with Crippen LogP contribution in [0.1, 0.15) is 34.7 Å². The van der Waals surface area contributed by atoms with Crippen LogP contribution in [0.2, 0.25) is 0 Å². The Labute approximate surface area is 117 Å². The Hall–Kier alpha value is -1.74.